The second-order valence-electron chi connectivity index (χ2n) is 3.63. The highest BCUT2D eigenvalue weighted by molar-refractivity contribution is 6.36. The summed E-state index contributed by atoms with van der Waals surface area (Å²) in [4.78, 5) is 2.12. The number of hydrogen-bond donors (Lipinski definition) is 1. The van der Waals surface area contributed by atoms with Crippen molar-refractivity contribution in [3.05, 3.63) is 28.2 Å². The Balaban J connectivity index is 2.86. The molecule has 2 N–H and O–H groups in total. The van der Waals surface area contributed by atoms with Crippen molar-refractivity contribution >= 4 is 28.9 Å². The number of halogens is 2. The van der Waals surface area contributed by atoms with Crippen LogP contribution >= 0.6 is 23.2 Å². The van der Waals surface area contributed by atoms with Crippen molar-refractivity contribution in [1.29, 1.82) is 0 Å². The third-order valence-corrected chi connectivity index (χ3v) is 3.07. The Morgan fingerprint density at radius 2 is 2.07 bits per heavy atom. The molecule has 2 nitrogen and oxygen atoms in total. The number of anilines is 1. The van der Waals surface area contributed by atoms with Gasteiger partial charge < -0.3 is 10.6 Å². The molecule has 0 heterocycles. The van der Waals surface area contributed by atoms with Crippen LogP contribution in [0.4, 0.5) is 5.69 Å². The lowest BCUT2D eigenvalue weighted by Crippen LogP contribution is -2.30. The van der Waals surface area contributed by atoms with Gasteiger partial charge in [-0.25, -0.2) is 0 Å². The number of nitrogens with zero attached hydrogens (tertiary/aromatic N) is 1. The van der Waals surface area contributed by atoms with Crippen molar-refractivity contribution < 1.29 is 0 Å². The molecule has 4 heteroatoms. The average molecular weight is 247 g/mol. The summed E-state index contributed by atoms with van der Waals surface area (Å²) >= 11 is 12.0. The van der Waals surface area contributed by atoms with Crippen molar-refractivity contribution in [3.63, 3.8) is 0 Å². The Kier molecular flexibility index (Phi) is 4.71. The molecule has 1 rings (SSSR count). The highest BCUT2D eigenvalue weighted by Gasteiger charge is 2.12. The summed E-state index contributed by atoms with van der Waals surface area (Å²) < 4.78 is 0. The largest absolute Gasteiger partial charge is 0.371 e. The van der Waals surface area contributed by atoms with E-state index in [2.05, 4.69) is 11.8 Å². The third-order valence-electron chi connectivity index (χ3n) is 2.54. The van der Waals surface area contributed by atoms with E-state index >= 15 is 0 Å². The summed E-state index contributed by atoms with van der Waals surface area (Å²) in [7, 11) is 2.01. The van der Waals surface area contributed by atoms with E-state index in [4.69, 9.17) is 28.9 Å². The summed E-state index contributed by atoms with van der Waals surface area (Å²) in [5, 5.41) is 1.33. The first-order chi connectivity index (χ1) is 7.06. The fraction of sp³-hybridized carbons (Fsp3) is 0.455. The van der Waals surface area contributed by atoms with Crippen molar-refractivity contribution in [3.8, 4) is 0 Å². The van der Waals surface area contributed by atoms with E-state index in [0.29, 0.717) is 22.6 Å². The van der Waals surface area contributed by atoms with Crippen LogP contribution in [0.15, 0.2) is 18.2 Å². The van der Waals surface area contributed by atoms with Gasteiger partial charge in [-0.2, -0.15) is 0 Å². The second kappa shape index (κ2) is 5.59. The zero-order chi connectivity index (χ0) is 11.4. The molecule has 0 aliphatic rings. The minimum Gasteiger partial charge on any atom is -0.371 e. The molecule has 0 amide bonds. The number of hydrogen-bond acceptors (Lipinski definition) is 2. The van der Waals surface area contributed by atoms with Crippen molar-refractivity contribution in [1.82, 2.24) is 0 Å². The standard InChI is InChI=1S/C11H16Cl2N2/c1-8(5-6-14)15(2)11-4-3-9(12)7-10(11)13/h3-4,7-8H,5-6,14H2,1-2H3. The molecule has 0 fully saturated rings. The quantitative estimate of drug-likeness (QED) is 0.885. The first-order valence-electron chi connectivity index (χ1n) is 4.94. The van der Waals surface area contributed by atoms with E-state index in [9.17, 15) is 0 Å². The van der Waals surface area contributed by atoms with E-state index < -0.39 is 0 Å². The molecule has 84 valence electrons. The zero-order valence-electron chi connectivity index (χ0n) is 9.00. The summed E-state index contributed by atoms with van der Waals surface area (Å²) in [5.41, 5.74) is 6.51. The molecule has 0 spiro atoms. The van der Waals surface area contributed by atoms with Crippen LogP contribution < -0.4 is 10.6 Å². The molecule has 0 saturated heterocycles. The van der Waals surface area contributed by atoms with E-state index in [0.717, 1.165) is 12.1 Å². The van der Waals surface area contributed by atoms with E-state index in [1.807, 2.05) is 19.2 Å². The lowest BCUT2D eigenvalue weighted by atomic mass is 10.2. The summed E-state index contributed by atoms with van der Waals surface area (Å²) in [6.45, 7) is 2.80. The molecule has 1 atom stereocenters. The van der Waals surface area contributed by atoms with Gasteiger partial charge in [-0.1, -0.05) is 23.2 Å². The number of rotatable bonds is 4. The Morgan fingerprint density at radius 1 is 1.40 bits per heavy atom. The maximum absolute atomic E-state index is 6.11. The molecular weight excluding hydrogens is 231 g/mol. The third kappa shape index (κ3) is 3.26. The molecule has 0 radical (unpaired) electrons. The van der Waals surface area contributed by atoms with Crippen LogP contribution in [0, 0.1) is 0 Å². The van der Waals surface area contributed by atoms with E-state index in [1.165, 1.54) is 0 Å². The van der Waals surface area contributed by atoms with Crippen molar-refractivity contribution in [2.24, 2.45) is 5.73 Å². The number of nitrogens with two attached hydrogens (primary N) is 1. The minimum absolute atomic E-state index is 0.369. The Labute approximate surface area is 101 Å². The lowest BCUT2D eigenvalue weighted by Gasteiger charge is -2.27. The summed E-state index contributed by atoms with van der Waals surface area (Å²) in [6.07, 6.45) is 0.940. The van der Waals surface area contributed by atoms with Gasteiger partial charge in [-0.15, -0.1) is 0 Å². The van der Waals surface area contributed by atoms with Gasteiger partial charge in [0, 0.05) is 18.1 Å². The molecule has 0 saturated carbocycles. The van der Waals surface area contributed by atoms with Crippen LogP contribution in [0.3, 0.4) is 0 Å². The Hall–Kier alpha value is -0.440. The minimum atomic E-state index is 0.369. The molecule has 1 aromatic carbocycles. The van der Waals surface area contributed by atoms with E-state index in [1.54, 1.807) is 6.07 Å². The summed E-state index contributed by atoms with van der Waals surface area (Å²) in [5.74, 6) is 0. The van der Waals surface area contributed by atoms with Crippen LogP contribution in [0.1, 0.15) is 13.3 Å². The highest BCUT2D eigenvalue weighted by atomic mass is 35.5. The van der Waals surface area contributed by atoms with Gasteiger partial charge in [0.05, 0.1) is 10.7 Å². The van der Waals surface area contributed by atoms with Crippen molar-refractivity contribution in [2.75, 3.05) is 18.5 Å². The SMILES string of the molecule is CC(CCN)N(C)c1ccc(Cl)cc1Cl. The normalized spacial score (nSPS) is 12.6. The van der Waals surface area contributed by atoms with Crippen LogP contribution in [0.5, 0.6) is 0 Å². The highest BCUT2D eigenvalue weighted by Crippen LogP contribution is 2.29. The van der Waals surface area contributed by atoms with Crippen molar-refractivity contribution in [2.45, 2.75) is 19.4 Å². The number of benzene rings is 1. The van der Waals surface area contributed by atoms with Gasteiger partial charge in [-0.05, 0) is 38.1 Å². The van der Waals surface area contributed by atoms with Gasteiger partial charge in [0.25, 0.3) is 0 Å². The first-order valence-corrected chi connectivity index (χ1v) is 5.69. The van der Waals surface area contributed by atoms with Crippen LogP contribution in [-0.4, -0.2) is 19.6 Å². The van der Waals surface area contributed by atoms with Gasteiger partial charge in [-0.3, -0.25) is 0 Å². The molecule has 1 unspecified atom stereocenters. The fourth-order valence-electron chi connectivity index (χ4n) is 1.44. The molecular formula is C11H16Cl2N2. The molecule has 1 aromatic rings. The lowest BCUT2D eigenvalue weighted by molar-refractivity contribution is 0.635. The average Bonchev–Trinajstić information content (AvgIpc) is 2.17. The molecule has 0 aliphatic carbocycles. The smallest absolute Gasteiger partial charge is 0.0654 e. The maximum atomic E-state index is 6.11. The molecule has 0 aliphatic heterocycles. The molecule has 15 heavy (non-hydrogen) atoms. The van der Waals surface area contributed by atoms with Gasteiger partial charge in [0.15, 0.2) is 0 Å². The van der Waals surface area contributed by atoms with Crippen LogP contribution in [0.2, 0.25) is 10.0 Å². The van der Waals surface area contributed by atoms with Crippen LogP contribution in [-0.2, 0) is 0 Å². The predicted octanol–water partition coefficient (Wildman–Crippen LogP) is 3.17. The molecule has 0 bridgehead atoms. The molecule has 0 aromatic heterocycles. The van der Waals surface area contributed by atoms with Crippen LogP contribution in [0.25, 0.3) is 0 Å². The Morgan fingerprint density at radius 3 is 2.60 bits per heavy atom. The monoisotopic (exact) mass is 246 g/mol. The maximum Gasteiger partial charge on any atom is 0.0654 e. The predicted molar refractivity (Wildman–Crippen MR) is 68.0 cm³/mol. The van der Waals surface area contributed by atoms with Gasteiger partial charge >= 0.3 is 0 Å². The van der Waals surface area contributed by atoms with E-state index in [-0.39, 0.29) is 0 Å². The Bertz CT molecular complexity index is 328. The second-order valence-corrected chi connectivity index (χ2v) is 4.48. The first kappa shape index (κ1) is 12.6. The zero-order valence-corrected chi connectivity index (χ0v) is 10.5. The topological polar surface area (TPSA) is 29.3 Å². The summed E-state index contributed by atoms with van der Waals surface area (Å²) in [6, 6.07) is 5.89. The van der Waals surface area contributed by atoms with Gasteiger partial charge in [0.1, 0.15) is 0 Å². The van der Waals surface area contributed by atoms with Gasteiger partial charge in [0.2, 0.25) is 0 Å². The fourth-order valence-corrected chi connectivity index (χ4v) is 1.98.